The Hall–Kier alpha value is -1.99. The minimum Gasteiger partial charge on any atom is -0.267 e. The van der Waals surface area contributed by atoms with Gasteiger partial charge in [0, 0.05) is 23.7 Å². The third kappa shape index (κ3) is 3.46. The zero-order valence-corrected chi connectivity index (χ0v) is 16.6. The summed E-state index contributed by atoms with van der Waals surface area (Å²) in [5.41, 5.74) is 4.04. The highest BCUT2D eigenvalue weighted by Crippen LogP contribution is 2.31. The molecule has 6 nitrogen and oxygen atoms in total. The van der Waals surface area contributed by atoms with Crippen molar-refractivity contribution in [3.63, 3.8) is 0 Å². The molecule has 0 bridgehead atoms. The quantitative estimate of drug-likeness (QED) is 0.855. The smallest absolute Gasteiger partial charge is 0.267 e. The molecule has 1 heterocycles. The molecule has 0 spiro atoms. The largest absolute Gasteiger partial charge is 0.270 e. The molecule has 0 amide bonds. The van der Waals surface area contributed by atoms with Gasteiger partial charge in [0.05, 0.1) is 10.6 Å². The first-order chi connectivity index (χ1) is 12.9. The molecule has 1 aromatic carbocycles. The lowest BCUT2D eigenvalue weighted by atomic mass is 9.89. The van der Waals surface area contributed by atoms with Crippen LogP contribution in [0, 0.1) is 6.92 Å². The molecule has 0 radical (unpaired) electrons. The Bertz CT molecular complexity index is 1050. The van der Waals surface area contributed by atoms with E-state index in [1.165, 1.54) is 4.68 Å². The number of benzene rings is 1. The summed E-state index contributed by atoms with van der Waals surface area (Å²) >= 11 is 0. The summed E-state index contributed by atoms with van der Waals surface area (Å²) in [5.74, 6) is 0. The van der Waals surface area contributed by atoms with Crippen molar-refractivity contribution in [1.82, 2.24) is 14.5 Å². The molecule has 27 heavy (non-hydrogen) atoms. The molecule has 0 atom stereocenters. The molecule has 0 aliphatic heterocycles. The summed E-state index contributed by atoms with van der Waals surface area (Å²) in [7, 11) is -3.55. The van der Waals surface area contributed by atoms with Gasteiger partial charge in [-0.1, -0.05) is 12.1 Å². The van der Waals surface area contributed by atoms with Crippen molar-refractivity contribution in [1.29, 1.82) is 0 Å². The summed E-state index contributed by atoms with van der Waals surface area (Å²) in [5, 5.41) is 4.59. The van der Waals surface area contributed by atoms with Gasteiger partial charge in [-0.15, -0.1) is 0 Å². The Balaban J connectivity index is 1.87. The van der Waals surface area contributed by atoms with Crippen LogP contribution in [0.4, 0.5) is 0 Å². The first-order valence-corrected chi connectivity index (χ1v) is 11.1. The SMILES string of the molecule is CCn1nc(-c2ccc(C)c(S(=O)(=O)NC3CC3)c2)c2c(c1=O)CCCC2. The third-order valence-corrected chi connectivity index (χ3v) is 7.08. The Labute approximate surface area is 159 Å². The van der Waals surface area contributed by atoms with E-state index in [0.29, 0.717) is 17.0 Å². The second-order valence-electron chi connectivity index (χ2n) is 7.51. The van der Waals surface area contributed by atoms with Gasteiger partial charge in [-0.25, -0.2) is 17.8 Å². The molecular formula is C20H25N3O3S. The number of hydrogen-bond acceptors (Lipinski definition) is 4. The van der Waals surface area contributed by atoms with E-state index in [-0.39, 0.29) is 11.6 Å². The lowest BCUT2D eigenvalue weighted by Gasteiger charge is -2.20. The van der Waals surface area contributed by atoms with E-state index in [1.807, 2.05) is 19.1 Å². The fourth-order valence-electron chi connectivity index (χ4n) is 3.75. The first-order valence-electron chi connectivity index (χ1n) is 9.67. The van der Waals surface area contributed by atoms with Gasteiger partial charge in [-0.3, -0.25) is 4.79 Å². The van der Waals surface area contributed by atoms with Crippen LogP contribution in [0.5, 0.6) is 0 Å². The number of sulfonamides is 1. The molecule has 2 aliphatic carbocycles. The van der Waals surface area contributed by atoms with Crippen LogP contribution in [0.2, 0.25) is 0 Å². The van der Waals surface area contributed by atoms with Gasteiger partial charge in [-0.05, 0) is 69.6 Å². The van der Waals surface area contributed by atoms with Gasteiger partial charge >= 0.3 is 0 Å². The van der Waals surface area contributed by atoms with Gasteiger partial charge in [0.15, 0.2) is 0 Å². The minimum absolute atomic E-state index is 0.00805. The lowest BCUT2D eigenvalue weighted by molar-refractivity contribution is 0.579. The van der Waals surface area contributed by atoms with Crippen molar-refractivity contribution in [3.05, 3.63) is 45.2 Å². The van der Waals surface area contributed by atoms with Crippen LogP contribution in [0.15, 0.2) is 27.9 Å². The number of aromatic nitrogens is 2. The highest BCUT2D eigenvalue weighted by atomic mass is 32.2. The van der Waals surface area contributed by atoms with Crippen molar-refractivity contribution in [2.75, 3.05) is 0 Å². The van der Waals surface area contributed by atoms with Crippen LogP contribution >= 0.6 is 0 Å². The van der Waals surface area contributed by atoms with E-state index in [2.05, 4.69) is 9.82 Å². The molecule has 1 saturated carbocycles. The van der Waals surface area contributed by atoms with E-state index >= 15 is 0 Å². The molecule has 1 N–H and O–H groups in total. The average Bonchev–Trinajstić information content (AvgIpc) is 3.46. The summed E-state index contributed by atoms with van der Waals surface area (Å²) in [6.45, 7) is 4.21. The Morgan fingerprint density at radius 3 is 2.56 bits per heavy atom. The number of hydrogen-bond donors (Lipinski definition) is 1. The molecule has 2 aromatic rings. The number of aryl methyl sites for hydroxylation is 2. The van der Waals surface area contributed by atoms with Crippen molar-refractivity contribution in [2.45, 2.75) is 69.9 Å². The second-order valence-corrected chi connectivity index (χ2v) is 9.19. The van der Waals surface area contributed by atoms with E-state index in [4.69, 9.17) is 0 Å². The maximum atomic E-state index is 12.8. The highest BCUT2D eigenvalue weighted by molar-refractivity contribution is 7.89. The number of nitrogens with one attached hydrogen (secondary N) is 1. The van der Waals surface area contributed by atoms with Crippen molar-refractivity contribution in [2.24, 2.45) is 0 Å². The number of fused-ring (bicyclic) bond motifs is 1. The van der Waals surface area contributed by atoms with Crippen LogP contribution in [0.25, 0.3) is 11.3 Å². The van der Waals surface area contributed by atoms with Crippen LogP contribution in [0.1, 0.15) is 49.3 Å². The van der Waals surface area contributed by atoms with Crippen LogP contribution < -0.4 is 10.3 Å². The summed E-state index contributed by atoms with van der Waals surface area (Å²) < 4.78 is 29.8. The van der Waals surface area contributed by atoms with Gasteiger partial charge in [0.25, 0.3) is 5.56 Å². The number of rotatable bonds is 5. The molecule has 0 unspecified atom stereocenters. The average molecular weight is 388 g/mol. The predicted octanol–water partition coefficient (Wildman–Crippen LogP) is 2.56. The fraction of sp³-hybridized carbons (Fsp3) is 0.500. The standard InChI is InChI=1S/C20H25N3O3S/c1-3-23-20(24)17-7-5-4-6-16(17)19(21-23)14-9-8-13(2)18(12-14)27(25,26)22-15-10-11-15/h8-9,12,15,22H,3-7,10-11H2,1-2H3. The van der Waals surface area contributed by atoms with E-state index in [1.54, 1.807) is 13.0 Å². The molecule has 7 heteroatoms. The van der Waals surface area contributed by atoms with Crippen LogP contribution in [-0.4, -0.2) is 24.2 Å². The van der Waals surface area contributed by atoms with Gasteiger partial charge in [0.2, 0.25) is 10.0 Å². The van der Waals surface area contributed by atoms with Gasteiger partial charge in [-0.2, -0.15) is 5.10 Å². The lowest BCUT2D eigenvalue weighted by Crippen LogP contribution is -2.30. The first kappa shape index (κ1) is 18.4. The predicted molar refractivity (Wildman–Crippen MR) is 104 cm³/mol. The molecular weight excluding hydrogens is 362 g/mol. The summed E-state index contributed by atoms with van der Waals surface area (Å²) in [6.07, 6.45) is 5.41. The Kier molecular flexibility index (Phi) is 4.68. The third-order valence-electron chi connectivity index (χ3n) is 5.42. The highest BCUT2D eigenvalue weighted by Gasteiger charge is 2.29. The molecule has 0 saturated heterocycles. The van der Waals surface area contributed by atoms with Gasteiger partial charge < -0.3 is 0 Å². The summed E-state index contributed by atoms with van der Waals surface area (Å²) in [4.78, 5) is 12.9. The maximum Gasteiger partial charge on any atom is 0.270 e. The van der Waals surface area contributed by atoms with Crippen LogP contribution in [0.3, 0.4) is 0 Å². The topological polar surface area (TPSA) is 81.1 Å². The van der Waals surface area contributed by atoms with E-state index < -0.39 is 10.0 Å². The monoisotopic (exact) mass is 387 g/mol. The molecule has 4 rings (SSSR count). The van der Waals surface area contributed by atoms with E-state index in [9.17, 15) is 13.2 Å². The van der Waals surface area contributed by atoms with E-state index in [0.717, 1.165) is 60.9 Å². The zero-order valence-electron chi connectivity index (χ0n) is 15.8. The van der Waals surface area contributed by atoms with Crippen LogP contribution in [-0.2, 0) is 29.4 Å². The molecule has 1 aromatic heterocycles. The molecule has 144 valence electrons. The molecule has 2 aliphatic rings. The zero-order chi connectivity index (χ0) is 19.2. The van der Waals surface area contributed by atoms with Gasteiger partial charge in [0.1, 0.15) is 0 Å². The Morgan fingerprint density at radius 2 is 1.89 bits per heavy atom. The summed E-state index contributed by atoms with van der Waals surface area (Å²) in [6, 6.07) is 5.51. The maximum absolute atomic E-state index is 12.8. The molecule has 1 fully saturated rings. The second kappa shape index (κ2) is 6.87. The van der Waals surface area contributed by atoms with Crippen molar-refractivity contribution >= 4 is 10.0 Å². The van der Waals surface area contributed by atoms with Crippen molar-refractivity contribution < 1.29 is 8.42 Å². The van der Waals surface area contributed by atoms with Crippen molar-refractivity contribution in [3.8, 4) is 11.3 Å². The number of nitrogens with zero attached hydrogens (tertiary/aromatic N) is 2. The normalized spacial score (nSPS) is 17.0. The Morgan fingerprint density at radius 1 is 1.19 bits per heavy atom. The minimum atomic E-state index is -3.55. The fourth-order valence-corrected chi connectivity index (χ4v) is 5.33.